The predicted octanol–water partition coefficient (Wildman–Crippen LogP) is 2.64. The van der Waals surface area contributed by atoms with Crippen LogP contribution in [0.25, 0.3) is 0 Å². The Morgan fingerprint density at radius 1 is 1.09 bits per heavy atom. The first-order valence-corrected chi connectivity index (χ1v) is 7.25. The molecule has 0 spiro atoms. The second-order valence-corrected chi connectivity index (χ2v) is 4.86. The van der Waals surface area contributed by atoms with Crippen LogP contribution in [0, 0.1) is 0 Å². The maximum absolute atomic E-state index is 6.04. The maximum atomic E-state index is 6.04. The van der Waals surface area contributed by atoms with Crippen LogP contribution in [0.3, 0.4) is 0 Å². The van der Waals surface area contributed by atoms with Gasteiger partial charge in [0, 0.05) is 13.0 Å². The number of methoxy groups -OCH3 is 2. The van der Waals surface area contributed by atoms with Crippen LogP contribution in [-0.2, 0) is 13.0 Å². The van der Waals surface area contributed by atoms with Crippen molar-refractivity contribution in [2.24, 2.45) is 0 Å². The van der Waals surface area contributed by atoms with Crippen LogP contribution in [0.15, 0.2) is 24.3 Å². The summed E-state index contributed by atoms with van der Waals surface area (Å²) in [5.74, 6) is 2.57. The Bertz CT molecular complexity index is 614. The lowest BCUT2D eigenvalue weighted by atomic mass is 10.2. The molecule has 0 bridgehead atoms. The number of ether oxygens (including phenoxy) is 2. The van der Waals surface area contributed by atoms with Gasteiger partial charge in [-0.25, -0.2) is 4.98 Å². The molecular formula is C16H22N4O2. The average molecular weight is 302 g/mol. The SMILES string of the molecule is CCCc1nc(NCc2ccc(OC)cc2)c(N)c(OC)n1. The summed E-state index contributed by atoms with van der Waals surface area (Å²) in [4.78, 5) is 8.77. The van der Waals surface area contributed by atoms with Crippen LogP contribution in [0.2, 0.25) is 0 Å². The summed E-state index contributed by atoms with van der Waals surface area (Å²) in [6.07, 6.45) is 1.75. The molecule has 0 amide bonds. The first-order valence-electron chi connectivity index (χ1n) is 7.25. The highest BCUT2D eigenvalue weighted by molar-refractivity contribution is 5.67. The normalized spacial score (nSPS) is 10.3. The standard InChI is InChI=1S/C16H22N4O2/c1-4-5-13-19-15(14(17)16(20-13)22-3)18-10-11-6-8-12(21-2)9-7-11/h6-9H,4-5,10,17H2,1-3H3,(H,18,19,20). The van der Waals surface area contributed by atoms with E-state index in [-0.39, 0.29) is 0 Å². The van der Waals surface area contributed by atoms with Crippen LogP contribution in [0.4, 0.5) is 11.5 Å². The lowest BCUT2D eigenvalue weighted by Crippen LogP contribution is -2.10. The first kappa shape index (κ1) is 15.9. The van der Waals surface area contributed by atoms with Gasteiger partial charge >= 0.3 is 0 Å². The molecule has 0 fully saturated rings. The molecule has 6 heteroatoms. The third kappa shape index (κ3) is 3.78. The number of anilines is 2. The monoisotopic (exact) mass is 302 g/mol. The zero-order valence-electron chi connectivity index (χ0n) is 13.2. The third-order valence-corrected chi connectivity index (χ3v) is 3.24. The quantitative estimate of drug-likeness (QED) is 0.818. The van der Waals surface area contributed by atoms with E-state index < -0.39 is 0 Å². The molecule has 0 atom stereocenters. The minimum atomic E-state index is 0.413. The predicted molar refractivity (Wildman–Crippen MR) is 87.3 cm³/mol. The number of nitrogens with zero attached hydrogens (tertiary/aromatic N) is 2. The number of hydrogen-bond donors (Lipinski definition) is 2. The maximum Gasteiger partial charge on any atom is 0.242 e. The Labute approximate surface area is 130 Å². The number of rotatable bonds is 7. The molecule has 2 aromatic rings. The molecule has 0 radical (unpaired) electrons. The van der Waals surface area contributed by atoms with Crippen LogP contribution in [0.1, 0.15) is 24.7 Å². The van der Waals surface area contributed by atoms with Gasteiger partial charge in [0.15, 0.2) is 5.82 Å². The van der Waals surface area contributed by atoms with Gasteiger partial charge < -0.3 is 20.5 Å². The fourth-order valence-corrected chi connectivity index (χ4v) is 2.05. The van der Waals surface area contributed by atoms with E-state index in [9.17, 15) is 0 Å². The van der Waals surface area contributed by atoms with Crippen molar-refractivity contribution in [1.29, 1.82) is 0 Å². The van der Waals surface area contributed by atoms with E-state index in [1.807, 2.05) is 24.3 Å². The van der Waals surface area contributed by atoms with Crippen molar-refractivity contribution >= 4 is 11.5 Å². The van der Waals surface area contributed by atoms with Crippen molar-refractivity contribution in [1.82, 2.24) is 9.97 Å². The lowest BCUT2D eigenvalue weighted by Gasteiger charge is -2.13. The summed E-state index contributed by atoms with van der Waals surface area (Å²) in [6, 6.07) is 7.83. The molecule has 118 valence electrons. The van der Waals surface area contributed by atoms with Gasteiger partial charge in [-0.3, -0.25) is 0 Å². The molecule has 6 nitrogen and oxygen atoms in total. The molecule has 0 aliphatic rings. The molecule has 1 aromatic heterocycles. The highest BCUT2D eigenvalue weighted by Crippen LogP contribution is 2.26. The summed E-state index contributed by atoms with van der Waals surface area (Å²) in [6.45, 7) is 2.69. The van der Waals surface area contributed by atoms with Gasteiger partial charge in [0.2, 0.25) is 5.88 Å². The second-order valence-electron chi connectivity index (χ2n) is 4.86. The highest BCUT2D eigenvalue weighted by atomic mass is 16.5. The summed E-state index contributed by atoms with van der Waals surface area (Å²) in [5, 5.41) is 3.24. The molecule has 22 heavy (non-hydrogen) atoms. The number of nitrogens with one attached hydrogen (secondary N) is 1. The number of aryl methyl sites for hydroxylation is 1. The van der Waals surface area contributed by atoms with Crippen molar-refractivity contribution in [3.8, 4) is 11.6 Å². The van der Waals surface area contributed by atoms with E-state index in [0.717, 1.165) is 30.0 Å². The average Bonchev–Trinajstić information content (AvgIpc) is 2.55. The Morgan fingerprint density at radius 2 is 1.82 bits per heavy atom. The second kappa shape index (κ2) is 7.49. The minimum Gasteiger partial charge on any atom is -0.497 e. The van der Waals surface area contributed by atoms with Crippen molar-refractivity contribution in [3.05, 3.63) is 35.7 Å². The molecule has 1 aromatic carbocycles. The largest absolute Gasteiger partial charge is 0.497 e. The Balaban J connectivity index is 2.14. The molecule has 0 aliphatic heterocycles. The number of nitrogens with two attached hydrogens (primary N) is 1. The fraction of sp³-hybridized carbons (Fsp3) is 0.375. The molecule has 0 saturated heterocycles. The molecule has 1 heterocycles. The van der Waals surface area contributed by atoms with Crippen molar-refractivity contribution in [2.45, 2.75) is 26.3 Å². The lowest BCUT2D eigenvalue weighted by molar-refractivity contribution is 0.397. The number of aromatic nitrogens is 2. The zero-order valence-corrected chi connectivity index (χ0v) is 13.2. The van der Waals surface area contributed by atoms with Crippen LogP contribution < -0.4 is 20.5 Å². The van der Waals surface area contributed by atoms with E-state index >= 15 is 0 Å². The zero-order chi connectivity index (χ0) is 15.9. The van der Waals surface area contributed by atoms with Crippen LogP contribution in [-0.4, -0.2) is 24.2 Å². The molecule has 0 saturated carbocycles. The van der Waals surface area contributed by atoms with Gasteiger partial charge in [0.1, 0.15) is 17.3 Å². The Kier molecular flexibility index (Phi) is 5.41. The van der Waals surface area contributed by atoms with Gasteiger partial charge in [-0.05, 0) is 24.1 Å². The molecule has 0 unspecified atom stereocenters. The van der Waals surface area contributed by atoms with Gasteiger partial charge in [-0.2, -0.15) is 4.98 Å². The summed E-state index contributed by atoms with van der Waals surface area (Å²) >= 11 is 0. The van der Waals surface area contributed by atoms with Crippen molar-refractivity contribution in [3.63, 3.8) is 0 Å². The van der Waals surface area contributed by atoms with Crippen molar-refractivity contribution < 1.29 is 9.47 Å². The van der Waals surface area contributed by atoms with Gasteiger partial charge in [-0.1, -0.05) is 19.1 Å². The van der Waals surface area contributed by atoms with Crippen molar-refractivity contribution in [2.75, 3.05) is 25.3 Å². The topological polar surface area (TPSA) is 82.3 Å². The molecular weight excluding hydrogens is 280 g/mol. The van der Waals surface area contributed by atoms with E-state index in [1.54, 1.807) is 14.2 Å². The summed E-state index contributed by atoms with van der Waals surface area (Å²) < 4.78 is 10.4. The molecule has 2 rings (SSSR count). The van der Waals surface area contributed by atoms with Crippen LogP contribution in [0.5, 0.6) is 11.6 Å². The third-order valence-electron chi connectivity index (χ3n) is 3.24. The summed E-state index contributed by atoms with van der Waals surface area (Å²) in [5.41, 5.74) is 7.57. The molecule has 3 N–H and O–H groups in total. The molecule has 0 aliphatic carbocycles. The van der Waals surface area contributed by atoms with E-state index in [2.05, 4.69) is 22.2 Å². The van der Waals surface area contributed by atoms with E-state index in [4.69, 9.17) is 15.2 Å². The smallest absolute Gasteiger partial charge is 0.242 e. The Morgan fingerprint density at radius 3 is 2.41 bits per heavy atom. The number of nitrogen functional groups attached to an aromatic ring is 1. The van der Waals surface area contributed by atoms with Gasteiger partial charge in [-0.15, -0.1) is 0 Å². The number of hydrogen-bond acceptors (Lipinski definition) is 6. The van der Waals surface area contributed by atoms with Gasteiger partial charge in [0.25, 0.3) is 0 Å². The van der Waals surface area contributed by atoms with Gasteiger partial charge in [0.05, 0.1) is 14.2 Å². The Hall–Kier alpha value is -2.50. The van der Waals surface area contributed by atoms with E-state index in [1.165, 1.54) is 0 Å². The highest BCUT2D eigenvalue weighted by Gasteiger charge is 2.11. The van der Waals surface area contributed by atoms with Crippen LogP contribution >= 0.6 is 0 Å². The number of benzene rings is 1. The van der Waals surface area contributed by atoms with E-state index in [0.29, 0.717) is 23.9 Å². The minimum absolute atomic E-state index is 0.413. The first-order chi connectivity index (χ1) is 10.7. The summed E-state index contributed by atoms with van der Waals surface area (Å²) in [7, 11) is 3.21. The fourth-order valence-electron chi connectivity index (χ4n) is 2.05.